The Hall–Kier alpha value is -1.26. The number of rotatable bonds is 2. The number of ether oxygens (including phenoxy) is 1. The molecule has 2 heterocycles. The normalized spacial score (nSPS) is 17.5. The Bertz CT molecular complexity index is 652. The quantitative estimate of drug-likeness (QED) is 0.745. The topological polar surface area (TPSA) is 35.0 Å². The molecule has 5 heteroatoms. The van der Waals surface area contributed by atoms with Gasteiger partial charge < -0.3 is 4.74 Å². The zero-order valence-electron chi connectivity index (χ0n) is 12.3. The van der Waals surface area contributed by atoms with Crippen molar-refractivity contribution in [2.45, 2.75) is 37.7 Å². The van der Waals surface area contributed by atoms with Gasteiger partial charge in [-0.15, -0.1) is 11.8 Å². The van der Waals surface area contributed by atoms with E-state index in [1.807, 2.05) is 25.1 Å². The van der Waals surface area contributed by atoms with Gasteiger partial charge in [0.2, 0.25) is 0 Å². The average Bonchev–Trinajstić information content (AvgIpc) is 2.45. The van der Waals surface area contributed by atoms with Crippen LogP contribution >= 0.6 is 23.4 Å². The van der Waals surface area contributed by atoms with Crippen molar-refractivity contribution in [1.82, 2.24) is 9.97 Å². The second-order valence-corrected chi connectivity index (χ2v) is 6.81. The molecule has 3 rings (SSSR count). The van der Waals surface area contributed by atoms with E-state index >= 15 is 0 Å². The van der Waals surface area contributed by atoms with Gasteiger partial charge in [-0.3, -0.25) is 0 Å². The van der Waals surface area contributed by atoms with Gasteiger partial charge >= 0.3 is 0 Å². The highest BCUT2D eigenvalue weighted by Gasteiger charge is 2.25. The molecule has 0 N–H and O–H groups in total. The zero-order chi connectivity index (χ0) is 15.0. The molecule has 1 atom stereocenters. The molecule has 1 aromatic carbocycles. The van der Waals surface area contributed by atoms with Crippen molar-refractivity contribution >= 4 is 23.4 Å². The third kappa shape index (κ3) is 2.87. The molecule has 0 amide bonds. The van der Waals surface area contributed by atoms with Crippen LogP contribution in [-0.2, 0) is 0 Å². The zero-order valence-corrected chi connectivity index (χ0v) is 13.8. The first-order valence-corrected chi connectivity index (χ1v) is 8.35. The lowest BCUT2D eigenvalue weighted by molar-refractivity contribution is 0.210. The lowest BCUT2D eigenvalue weighted by Crippen LogP contribution is -2.19. The van der Waals surface area contributed by atoms with E-state index in [1.165, 1.54) is 0 Å². The van der Waals surface area contributed by atoms with E-state index in [2.05, 4.69) is 29.9 Å². The van der Waals surface area contributed by atoms with E-state index in [9.17, 15) is 0 Å². The number of halogens is 1. The summed E-state index contributed by atoms with van der Waals surface area (Å²) in [5.41, 5.74) is 1.96. The van der Waals surface area contributed by atoms with Gasteiger partial charge in [-0.2, -0.15) is 0 Å². The number of benzene rings is 1. The molecule has 1 aromatic heterocycles. The Morgan fingerprint density at radius 1 is 1.29 bits per heavy atom. The molecule has 1 unspecified atom stereocenters. The molecular weight excluding hydrogens is 304 g/mol. The number of aromatic nitrogens is 2. The van der Waals surface area contributed by atoms with E-state index in [4.69, 9.17) is 16.3 Å². The molecule has 21 heavy (non-hydrogen) atoms. The molecule has 0 radical (unpaired) electrons. The molecule has 0 aliphatic carbocycles. The fourth-order valence-electron chi connectivity index (χ4n) is 2.51. The minimum atomic E-state index is -0.151. The van der Waals surface area contributed by atoms with Gasteiger partial charge in [0, 0.05) is 21.9 Å². The van der Waals surface area contributed by atoms with Crippen molar-refractivity contribution < 1.29 is 4.74 Å². The Kier molecular flexibility index (Phi) is 4.09. The number of thioether (sulfide) groups is 1. The van der Waals surface area contributed by atoms with Crippen LogP contribution < -0.4 is 4.74 Å². The van der Waals surface area contributed by atoms with E-state index in [0.29, 0.717) is 16.9 Å². The van der Waals surface area contributed by atoms with Crippen LogP contribution in [-0.4, -0.2) is 15.7 Å². The van der Waals surface area contributed by atoms with Crippen LogP contribution in [0.2, 0.25) is 5.15 Å². The number of nitrogens with zero attached hydrogens (tertiary/aromatic N) is 2. The average molecular weight is 321 g/mol. The van der Waals surface area contributed by atoms with Crippen LogP contribution in [0.4, 0.5) is 0 Å². The molecule has 0 saturated carbocycles. The summed E-state index contributed by atoms with van der Waals surface area (Å²) in [6.07, 6.45) is -0.151. The van der Waals surface area contributed by atoms with E-state index in [-0.39, 0.29) is 6.10 Å². The van der Waals surface area contributed by atoms with E-state index in [0.717, 1.165) is 27.7 Å². The SMILES string of the molecule is Cc1nc(C2CSc3ccccc3O2)nc(Cl)c1C(C)C. The summed E-state index contributed by atoms with van der Waals surface area (Å²) in [4.78, 5) is 10.2. The van der Waals surface area contributed by atoms with Gasteiger partial charge in [-0.05, 0) is 25.0 Å². The van der Waals surface area contributed by atoms with Crippen LogP contribution in [0.5, 0.6) is 5.75 Å². The lowest BCUT2D eigenvalue weighted by atomic mass is 10.0. The largest absolute Gasteiger partial charge is 0.480 e. The van der Waals surface area contributed by atoms with Crippen LogP contribution in [0.1, 0.15) is 43.0 Å². The Morgan fingerprint density at radius 3 is 2.76 bits per heavy atom. The molecule has 1 aliphatic rings. The van der Waals surface area contributed by atoms with Gasteiger partial charge in [0.15, 0.2) is 11.9 Å². The first-order valence-electron chi connectivity index (χ1n) is 6.98. The highest BCUT2D eigenvalue weighted by molar-refractivity contribution is 7.99. The Morgan fingerprint density at radius 2 is 2.05 bits per heavy atom. The summed E-state index contributed by atoms with van der Waals surface area (Å²) in [5, 5.41) is 0.542. The highest BCUT2D eigenvalue weighted by atomic mass is 35.5. The molecule has 0 bridgehead atoms. The predicted octanol–water partition coefficient (Wildman–Crippen LogP) is 4.79. The van der Waals surface area contributed by atoms with Crippen molar-refractivity contribution in [2.24, 2.45) is 0 Å². The summed E-state index contributed by atoms with van der Waals surface area (Å²) >= 11 is 8.10. The highest BCUT2D eigenvalue weighted by Crippen LogP contribution is 2.40. The number of hydrogen-bond acceptors (Lipinski definition) is 4. The summed E-state index contributed by atoms with van der Waals surface area (Å²) in [5.74, 6) is 2.68. The molecule has 110 valence electrons. The van der Waals surface area contributed by atoms with Crippen LogP contribution in [0.15, 0.2) is 29.2 Å². The summed E-state index contributed by atoms with van der Waals surface area (Å²) in [6, 6.07) is 8.04. The third-order valence-corrected chi connectivity index (χ3v) is 4.89. The van der Waals surface area contributed by atoms with Gasteiger partial charge in [-0.1, -0.05) is 37.6 Å². The maximum absolute atomic E-state index is 6.34. The number of fused-ring (bicyclic) bond motifs is 1. The smallest absolute Gasteiger partial charge is 0.171 e. The van der Waals surface area contributed by atoms with E-state index in [1.54, 1.807) is 11.8 Å². The standard InChI is InChI=1S/C16H17ClN2OS/c1-9(2)14-10(3)18-16(19-15(14)17)12-8-21-13-7-5-4-6-11(13)20-12/h4-7,9,12H,8H2,1-3H3. The minimum absolute atomic E-state index is 0.151. The van der Waals surface area contributed by atoms with Gasteiger partial charge in [0.25, 0.3) is 0 Å². The molecular formula is C16H17ClN2OS. The van der Waals surface area contributed by atoms with Crippen molar-refractivity contribution in [3.8, 4) is 5.75 Å². The minimum Gasteiger partial charge on any atom is -0.480 e. The fourth-order valence-corrected chi connectivity index (χ4v) is 3.94. The van der Waals surface area contributed by atoms with Crippen LogP contribution in [0.3, 0.4) is 0 Å². The monoisotopic (exact) mass is 320 g/mol. The molecule has 2 aromatic rings. The first kappa shape index (κ1) is 14.7. The van der Waals surface area contributed by atoms with Crippen molar-refractivity contribution in [2.75, 3.05) is 5.75 Å². The summed E-state index contributed by atoms with van der Waals surface area (Å²) < 4.78 is 6.02. The molecule has 0 fully saturated rings. The number of para-hydroxylation sites is 1. The Labute approximate surface area is 134 Å². The maximum atomic E-state index is 6.34. The molecule has 1 aliphatic heterocycles. The van der Waals surface area contributed by atoms with E-state index < -0.39 is 0 Å². The van der Waals surface area contributed by atoms with Crippen LogP contribution in [0.25, 0.3) is 0 Å². The Balaban J connectivity index is 1.92. The van der Waals surface area contributed by atoms with Gasteiger partial charge in [-0.25, -0.2) is 9.97 Å². The summed E-state index contributed by atoms with van der Waals surface area (Å²) in [7, 11) is 0. The second-order valence-electron chi connectivity index (χ2n) is 5.39. The van der Waals surface area contributed by atoms with Gasteiger partial charge in [0.1, 0.15) is 10.9 Å². The molecule has 0 saturated heterocycles. The first-order chi connectivity index (χ1) is 10.1. The molecule has 3 nitrogen and oxygen atoms in total. The predicted molar refractivity (Wildman–Crippen MR) is 86.4 cm³/mol. The second kappa shape index (κ2) is 5.85. The van der Waals surface area contributed by atoms with Gasteiger partial charge in [0.05, 0.1) is 0 Å². The fraction of sp³-hybridized carbons (Fsp3) is 0.375. The third-order valence-electron chi connectivity index (χ3n) is 3.48. The number of aryl methyl sites for hydroxylation is 1. The molecule has 0 spiro atoms. The summed E-state index contributed by atoms with van der Waals surface area (Å²) in [6.45, 7) is 6.18. The maximum Gasteiger partial charge on any atom is 0.171 e. The van der Waals surface area contributed by atoms with Crippen LogP contribution in [0, 0.1) is 6.92 Å². The van der Waals surface area contributed by atoms with Crippen molar-refractivity contribution in [3.05, 3.63) is 46.5 Å². The van der Waals surface area contributed by atoms with Crippen molar-refractivity contribution in [3.63, 3.8) is 0 Å². The van der Waals surface area contributed by atoms with Crippen molar-refractivity contribution in [1.29, 1.82) is 0 Å². The lowest BCUT2D eigenvalue weighted by Gasteiger charge is -2.25. The number of hydrogen-bond donors (Lipinski definition) is 0.